The van der Waals surface area contributed by atoms with Crippen molar-refractivity contribution in [1.82, 2.24) is 9.55 Å². The van der Waals surface area contributed by atoms with Gasteiger partial charge in [-0.1, -0.05) is 10.8 Å². The minimum Gasteiger partial charge on any atom is -0.480 e. The van der Waals surface area contributed by atoms with E-state index in [1.807, 2.05) is 10.8 Å². The van der Waals surface area contributed by atoms with Crippen LogP contribution in [-0.4, -0.2) is 32.4 Å². The zero-order valence-electron chi connectivity index (χ0n) is 13.6. The van der Waals surface area contributed by atoms with Crippen molar-refractivity contribution >= 4 is 40.0 Å². The van der Waals surface area contributed by atoms with Gasteiger partial charge in [-0.15, -0.1) is 12.4 Å². The second-order valence-electron chi connectivity index (χ2n) is 5.86. The molecule has 1 aliphatic carbocycles. The number of carbonyl (C=O) groups is 1. The van der Waals surface area contributed by atoms with Gasteiger partial charge in [0.05, 0.1) is 0 Å². The Labute approximate surface area is 163 Å². The molecule has 10 heteroatoms. The van der Waals surface area contributed by atoms with Crippen molar-refractivity contribution in [2.24, 2.45) is 5.73 Å². The van der Waals surface area contributed by atoms with Crippen LogP contribution < -0.4 is 5.73 Å². The predicted molar refractivity (Wildman–Crippen MR) is 101 cm³/mol. The average molecular weight is 422 g/mol. The SMILES string of the molecule is Cl.N[C@@H](CSSc1nccn1C1CCc2cc(F)c(F)cc2C1)C(=O)O. The summed E-state index contributed by atoms with van der Waals surface area (Å²) in [6.07, 6.45) is 5.63. The number of nitrogens with two attached hydrogens (primary N) is 1. The summed E-state index contributed by atoms with van der Waals surface area (Å²) in [6.45, 7) is 0. The third-order valence-corrected chi connectivity index (χ3v) is 6.46. The lowest BCUT2D eigenvalue weighted by molar-refractivity contribution is -0.137. The molecule has 1 aliphatic rings. The number of hydrogen-bond acceptors (Lipinski definition) is 5. The summed E-state index contributed by atoms with van der Waals surface area (Å²) in [5, 5.41) is 9.56. The molecule has 0 aliphatic heterocycles. The van der Waals surface area contributed by atoms with E-state index in [0.29, 0.717) is 12.8 Å². The number of imidazole rings is 1. The number of hydrogen-bond donors (Lipinski definition) is 2. The van der Waals surface area contributed by atoms with Gasteiger partial charge in [0.15, 0.2) is 16.8 Å². The van der Waals surface area contributed by atoms with Gasteiger partial charge in [0, 0.05) is 24.2 Å². The van der Waals surface area contributed by atoms with Crippen LogP contribution in [0.5, 0.6) is 0 Å². The summed E-state index contributed by atoms with van der Waals surface area (Å²) < 4.78 is 28.9. The average Bonchev–Trinajstić information content (AvgIpc) is 3.04. The smallest absolute Gasteiger partial charge is 0.321 e. The van der Waals surface area contributed by atoms with Crippen molar-refractivity contribution in [2.75, 3.05) is 5.75 Å². The molecular weight excluding hydrogens is 404 g/mol. The van der Waals surface area contributed by atoms with Crippen LogP contribution in [0.3, 0.4) is 0 Å². The van der Waals surface area contributed by atoms with E-state index >= 15 is 0 Å². The summed E-state index contributed by atoms with van der Waals surface area (Å²) in [5.41, 5.74) is 7.16. The highest BCUT2D eigenvalue weighted by atomic mass is 35.5. The van der Waals surface area contributed by atoms with E-state index in [9.17, 15) is 13.6 Å². The Hall–Kier alpha value is -1.29. The van der Waals surface area contributed by atoms with Crippen molar-refractivity contribution in [1.29, 1.82) is 0 Å². The fraction of sp³-hybridized carbons (Fsp3) is 0.375. The Kier molecular flexibility index (Phi) is 7.33. The van der Waals surface area contributed by atoms with Crippen LogP contribution in [0.25, 0.3) is 0 Å². The molecule has 26 heavy (non-hydrogen) atoms. The lowest BCUT2D eigenvalue weighted by Crippen LogP contribution is -2.32. The molecule has 0 fully saturated rings. The van der Waals surface area contributed by atoms with Crippen LogP contribution >= 0.6 is 34.0 Å². The maximum Gasteiger partial charge on any atom is 0.321 e. The fourth-order valence-corrected chi connectivity index (χ4v) is 5.05. The van der Waals surface area contributed by atoms with Crippen molar-refractivity contribution < 1.29 is 18.7 Å². The first-order valence-corrected chi connectivity index (χ1v) is 10.0. The van der Waals surface area contributed by atoms with E-state index in [-0.39, 0.29) is 24.2 Å². The number of halogens is 3. The zero-order valence-corrected chi connectivity index (χ0v) is 16.0. The van der Waals surface area contributed by atoms with Gasteiger partial charge in [0.25, 0.3) is 0 Å². The second-order valence-corrected chi connectivity index (χ2v) is 8.17. The highest BCUT2D eigenvalue weighted by molar-refractivity contribution is 8.76. The van der Waals surface area contributed by atoms with E-state index in [0.717, 1.165) is 22.7 Å². The molecular formula is C16H18ClF2N3O2S2. The molecule has 1 heterocycles. The maximum absolute atomic E-state index is 13.5. The minimum atomic E-state index is -1.03. The van der Waals surface area contributed by atoms with Crippen LogP contribution in [0.4, 0.5) is 8.78 Å². The van der Waals surface area contributed by atoms with Gasteiger partial charge in [-0.05, 0) is 53.3 Å². The topological polar surface area (TPSA) is 81.1 Å². The molecule has 0 saturated heterocycles. The van der Waals surface area contributed by atoms with E-state index in [1.165, 1.54) is 33.7 Å². The molecule has 1 aromatic heterocycles. The molecule has 2 aromatic rings. The molecule has 0 spiro atoms. The molecule has 3 N–H and O–H groups in total. The Bertz CT molecular complexity index is 791. The first-order valence-electron chi connectivity index (χ1n) is 7.73. The molecule has 0 saturated carbocycles. The van der Waals surface area contributed by atoms with Gasteiger partial charge >= 0.3 is 5.97 Å². The van der Waals surface area contributed by atoms with Gasteiger partial charge in [-0.25, -0.2) is 13.8 Å². The van der Waals surface area contributed by atoms with Gasteiger partial charge in [0.2, 0.25) is 0 Å². The molecule has 142 valence electrons. The zero-order chi connectivity index (χ0) is 18.0. The molecule has 2 atom stereocenters. The van der Waals surface area contributed by atoms with E-state index in [1.54, 1.807) is 6.20 Å². The number of nitrogens with zero attached hydrogens (tertiary/aromatic N) is 2. The van der Waals surface area contributed by atoms with Crippen LogP contribution in [0.1, 0.15) is 23.6 Å². The predicted octanol–water partition coefficient (Wildman–Crippen LogP) is 3.47. The number of benzene rings is 1. The van der Waals surface area contributed by atoms with Gasteiger partial charge in [-0.2, -0.15) is 0 Å². The molecule has 1 aromatic carbocycles. The Balaban J connectivity index is 0.00000243. The Morgan fingerprint density at radius 2 is 2.08 bits per heavy atom. The van der Waals surface area contributed by atoms with Gasteiger partial charge in [-0.3, -0.25) is 4.79 Å². The van der Waals surface area contributed by atoms with Crippen LogP contribution in [-0.2, 0) is 17.6 Å². The second kappa shape index (κ2) is 9.07. The first-order chi connectivity index (χ1) is 12.0. The van der Waals surface area contributed by atoms with Gasteiger partial charge < -0.3 is 15.4 Å². The van der Waals surface area contributed by atoms with E-state index in [2.05, 4.69) is 4.98 Å². The number of aliphatic carboxylic acids is 1. The number of carboxylic acids is 1. The van der Waals surface area contributed by atoms with Crippen LogP contribution in [0.2, 0.25) is 0 Å². The van der Waals surface area contributed by atoms with Crippen molar-refractivity contribution in [3.05, 3.63) is 47.3 Å². The van der Waals surface area contributed by atoms with Crippen molar-refractivity contribution in [3.63, 3.8) is 0 Å². The monoisotopic (exact) mass is 421 g/mol. The molecule has 5 nitrogen and oxygen atoms in total. The number of rotatable bonds is 6. The lowest BCUT2D eigenvalue weighted by Gasteiger charge is -2.27. The van der Waals surface area contributed by atoms with E-state index in [4.69, 9.17) is 10.8 Å². The standard InChI is InChI=1S/C16H17F2N3O2S2.ClH/c17-12-6-9-1-2-11(5-10(9)7-13(12)18)21-4-3-20-16(21)25-24-8-14(19)15(22)23;/h3-4,6-7,11,14H,1-2,5,8,19H2,(H,22,23);1H/t11?,14-;/m0./s1. The number of fused-ring (bicyclic) bond motifs is 1. The third kappa shape index (κ3) is 4.70. The highest BCUT2D eigenvalue weighted by Gasteiger charge is 2.24. The normalized spacial score (nSPS) is 17.3. The summed E-state index contributed by atoms with van der Waals surface area (Å²) in [4.78, 5) is 15.1. The molecule has 0 amide bonds. The molecule has 0 radical (unpaired) electrons. The lowest BCUT2D eigenvalue weighted by atomic mass is 9.88. The van der Waals surface area contributed by atoms with Crippen LogP contribution in [0.15, 0.2) is 29.7 Å². The highest BCUT2D eigenvalue weighted by Crippen LogP contribution is 2.36. The summed E-state index contributed by atoms with van der Waals surface area (Å²) in [7, 11) is 2.70. The maximum atomic E-state index is 13.5. The van der Waals surface area contributed by atoms with Gasteiger partial charge in [0.1, 0.15) is 6.04 Å². The Morgan fingerprint density at radius 3 is 2.77 bits per heavy atom. The third-order valence-electron chi connectivity index (χ3n) is 4.17. The molecule has 0 bridgehead atoms. The van der Waals surface area contributed by atoms with Crippen LogP contribution in [0, 0.1) is 11.6 Å². The first kappa shape index (κ1) is 21.0. The molecule has 3 rings (SSSR count). The number of aryl methyl sites for hydroxylation is 1. The van der Waals surface area contributed by atoms with Crippen molar-refractivity contribution in [2.45, 2.75) is 36.5 Å². The quantitative estimate of drug-likeness (QED) is 0.695. The van der Waals surface area contributed by atoms with Crippen molar-refractivity contribution in [3.8, 4) is 0 Å². The summed E-state index contributed by atoms with van der Waals surface area (Å²) in [6, 6.07) is 1.76. The minimum absolute atomic E-state index is 0. The summed E-state index contributed by atoms with van der Waals surface area (Å²) >= 11 is 0. The fourth-order valence-electron chi connectivity index (χ4n) is 2.84. The summed E-state index contributed by atoms with van der Waals surface area (Å²) in [5.74, 6) is -2.39. The largest absolute Gasteiger partial charge is 0.480 e. The Morgan fingerprint density at radius 1 is 1.38 bits per heavy atom. The number of carboxylic acid groups (broad SMARTS) is 1. The van der Waals surface area contributed by atoms with E-state index < -0.39 is 23.6 Å². The number of aromatic nitrogens is 2. The molecule has 1 unspecified atom stereocenters.